The number of methoxy groups -OCH3 is 2. The number of carbonyl (C=O) groups excluding carboxylic acids is 1. The van der Waals surface area contributed by atoms with Crippen LogP contribution >= 0.6 is 11.8 Å². The summed E-state index contributed by atoms with van der Waals surface area (Å²) in [5.41, 5.74) is 1.38. The van der Waals surface area contributed by atoms with Crippen molar-refractivity contribution in [2.75, 3.05) is 20.0 Å². The number of carbonyl (C=O) groups is 1. The fraction of sp³-hybridized carbons (Fsp3) is 0.167. The molecule has 0 aliphatic heterocycles. The Morgan fingerprint density at radius 1 is 1.04 bits per heavy atom. The average Bonchev–Trinajstić information content (AvgIpc) is 3.14. The summed E-state index contributed by atoms with van der Waals surface area (Å²) in [5, 5.41) is 8.69. The lowest BCUT2D eigenvalue weighted by Crippen LogP contribution is -2.06. The van der Waals surface area contributed by atoms with E-state index in [1.165, 1.54) is 11.8 Å². The maximum absolute atomic E-state index is 12.5. The smallest absolute Gasteiger partial charge is 0.196 e. The highest BCUT2D eigenvalue weighted by Crippen LogP contribution is 2.27. The number of Topliss-reactive ketones (excluding diaryl/α,β-unsaturated/α-hetero) is 1. The second-order valence-electron chi connectivity index (χ2n) is 5.07. The van der Waals surface area contributed by atoms with Crippen molar-refractivity contribution in [1.82, 2.24) is 14.8 Å². The molecule has 0 amide bonds. The molecule has 0 saturated carbocycles. The van der Waals surface area contributed by atoms with Crippen LogP contribution in [0.3, 0.4) is 0 Å². The lowest BCUT2D eigenvalue weighted by Gasteiger charge is -2.11. The van der Waals surface area contributed by atoms with E-state index in [1.807, 2.05) is 36.4 Å². The van der Waals surface area contributed by atoms with E-state index in [4.69, 9.17) is 9.47 Å². The van der Waals surface area contributed by atoms with Gasteiger partial charge >= 0.3 is 0 Å². The van der Waals surface area contributed by atoms with Crippen molar-refractivity contribution in [2.24, 2.45) is 0 Å². The molecule has 25 heavy (non-hydrogen) atoms. The van der Waals surface area contributed by atoms with Crippen LogP contribution in [0.15, 0.2) is 60.0 Å². The number of ketones is 1. The van der Waals surface area contributed by atoms with Crippen LogP contribution in [-0.4, -0.2) is 40.5 Å². The maximum Gasteiger partial charge on any atom is 0.196 e. The molecule has 3 rings (SSSR count). The molecule has 0 unspecified atom stereocenters. The fourth-order valence-electron chi connectivity index (χ4n) is 2.40. The molecule has 1 aromatic heterocycles. The van der Waals surface area contributed by atoms with Gasteiger partial charge in [0.25, 0.3) is 0 Å². The monoisotopic (exact) mass is 355 g/mol. The minimum Gasteiger partial charge on any atom is -0.496 e. The highest BCUT2D eigenvalue weighted by molar-refractivity contribution is 7.99. The summed E-state index contributed by atoms with van der Waals surface area (Å²) >= 11 is 1.32. The molecule has 0 saturated heterocycles. The third kappa shape index (κ3) is 3.66. The van der Waals surface area contributed by atoms with E-state index in [1.54, 1.807) is 37.2 Å². The molecule has 0 aliphatic carbocycles. The molecule has 6 nitrogen and oxygen atoms in total. The Morgan fingerprint density at radius 3 is 2.48 bits per heavy atom. The Hall–Kier alpha value is -2.80. The summed E-state index contributed by atoms with van der Waals surface area (Å²) in [4.78, 5) is 12.5. The molecular weight excluding hydrogens is 338 g/mol. The zero-order chi connectivity index (χ0) is 17.6. The Bertz CT molecular complexity index is 879. The van der Waals surface area contributed by atoms with Crippen LogP contribution in [0.25, 0.3) is 5.69 Å². The van der Waals surface area contributed by atoms with Gasteiger partial charge in [-0.15, -0.1) is 10.2 Å². The third-order valence-electron chi connectivity index (χ3n) is 3.60. The first kappa shape index (κ1) is 17.0. The Kier molecular flexibility index (Phi) is 5.35. The Balaban J connectivity index is 1.79. The van der Waals surface area contributed by atoms with E-state index in [2.05, 4.69) is 10.2 Å². The van der Waals surface area contributed by atoms with Gasteiger partial charge < -0.3 is 9.47 Å². The molecule has 0 aliphatic rings. The molecule has 128 valence electrons. The minimum atomic E-state index is -0.0305. The number of nitrogens with zero attached hydrogens (tertiary/aromatic N) is 3. The number of rotatable bonds is 7. The topological polar surface area (TPSA) is 66.2 Å². The van der Waals surface area contributed by atoms with Crippen LogP contribution in [0, 0.1) is 0 Å². The molecule has 7 heteroatoms. The Morgan fingerprint density at radius 2 is 1.72 bits per heavy atom. The van der Waals surface area contributed by atoms with Crippen LogP contribution < -0.4 is 9.47 Å². The maximum atomic E-state index is 12.5. The van der Waals surface area contributed by atoms with Crippen LogP contribution in [0.5, 0.6) is 11.5 Å². The second-order valence-corrected chi connectivity index (χ2v) is 6.01. The number of thioether (sulfide) groups is 1. The predicted molar refractivity (Wildman–Crippen MR) is 96.0 cm³/mol. The molecule has 0 fully saturated rings. The van der Waals surface area contributed by atoms with Gasteiger partial charge in [0.2, 0.25) is 0 Å². The first-order valence-electron chi connectivity index (χ1n) is 7.57. The molecule has 3 aromatic rings. The highest BCUT2D eigenvalue weighted by atomic mass is 32.2. The number of benzene rings is 2. The van der Waals surface area contributed by atoms with E-state index in [0.29, 0.717) is 22.2 Å². The molecule has 0 radical (unpaired) electrons. The largest absolute Gasteiger partial charge is 0.496 e. The fourth-order valence-corrected chi connectivity index (χ4v) is 3.20. The molecule has 0 atom stereocenters. The first-order chi connectivity index (χ1) is 12.2. The van der Waals surface area contributed by atoms with Crippen molar-refractivity contribution in [2.45, 2.75) is 5.16 Å². The number of hydrogen-bond donors (Lipinski definition) is 0. The summed E-state index contributed by atoms with van der Waals surface area (Å²) in [6, 6.07) is 14.8. The molecule has 0 N–H and O–H groups in total. The number of ether oxygens (including phenoxy) is 2. The van der Waals surface area contributed by atoms with E-state index < -0.39 is 0 Å². The standard InChI is InChI=1S/C18H17N3O3S/c1-23-16-9-5-3-7-13(16)15(22)11-25-18-20-19-12-21(18)14-8-4-6-10-17(14)24-2/h3-10,12H,11H2,1-2H3. The van der Waals surface area contributed by atoms with E-state index >= 15 is 0 Å². The van der Waals surface area contributed by atoms with E-state index in [-0.39, 0.29) is 11.5 Å². The van der Waals surface area contributed by atoms with Gasteiger partial charge in [-0.2, -0.15) is 0 Å². The minimum absolute atomic E-state index is 0.0305. The van der Waals surface area contributed by atoms with Gasteiger partial charge in [0.05, 0.1) is 31.2 Å². The van der Waals surface area contributed by atoms with Gasteiger partial charge in [-0.25, -0.2) is 0 Å². The predicted octanol–water partition coefficient (Wildman–Crippen LogP) is 3.26. The van der Waals surface area contributed by atoms with Crippen molar-refractivity contribution < 1.29 is 14.3 Å². The van der Waals surface area contributed by atoms with Gasteiger partial charge in [0, 0.05) is 0 Å². The number of hydrogen-bond acceptors (Lipinski definition) is 6. The van der Waals surface area contributed by atoms with Gasteiger partial charge in [0.15, 0.2) is 10.9 Å². The van der Waals surface area contributed by atoms with E-state index in [9.17, 15) is 4.79 Å². The van der Waals surface area contributed by atoms with Gasteiger partial charge in [0.1, 0.15) is 17.8 Å². The summed E-state index contributed by atoms with van der Waals surface area (Å²) in [6.45, 7) is 0. The average molecular weight is 355 g/mol. The van der Waals surface area contributed by atoms with Crippen molar-refractivity contribution in [3.8, 4) is 17.2 Å². The van der Waals surface area contributed by atoms with Crippen LogP contribution in [0.4, 0.5) is 0 Å². The summed E-state index contributed by atoms with van der Waals surface area (Å²) in [5.74, 6) is 1.48. The zero-order valence-corrected chi connectivity index (χ0v) is 14.7. The second kappa shape index (κ2) is 7.85. The third-order valence-corrected chi connectivity index (χ3v) is 4.54. The number of aromatic nitrogens is 3. The first-order valence-corrected chi connectivity index (χ1v) is 8.55. The highest BCUT2D eigenvalue weighted by Gasteiger charge is 2.16. The van der Waals surface area contributed by atoms with Crippen molar-refractivity contribution in [3.63, 3.8) is 0 Å². The number of para-hydroxylation sites is 3. The lowest BCUT2D eigenvalue weighted by atomic mass is 10.1. The molecule has 2 aromatic carbocycles. The normalized spacial score (nSPS) is 10.5. The van der Waals surface area contributed by atoms with Crippen molar-refractivity contribution in [1.29, 1.82) is 0 Å². The SMILES string of the molecule is COc1ccccc1C(=O)CSc1nncn1-c1ccccc1OC. The molecule has 1 heterocycles. The van der Waals surface area contributed by atoms with Crippen LogP contribution in [0.1, 0.15) is 10.4 Å². The molecule has 0 spiro atoms. The molecular formula is C18H17N3O3S. The van der Waals surface area contributed by atoms with Crippen molar-refractivity contribution in [3.05, 3.63) is 60.4 Å². The quantitative estimate of drug-likeness (QED) is 0.479. The summed E-state index contributed by atoms with van der Waals surface area (Å²) < 4.78 is 12.4. The molecule has 0 bridgehead atoms. The summed E-state index contributed by atoms with van der Waals surface area (Å²) in [6.07, 6.45) is 1.60. The lowest BCUT2D eigenvalue weighted by molar-refractivity contribution is 0.101. The van der Waals surface area contributed by atoms with Crippen LogP contribution in [-0.2, 0) is 0 Å². The van der Waals surface area contributed by atoms with E-state index in [0.717, 1.165) is 5.69 Å². The zero-order valence-electron chi connectivity index (χ0n) is 13.9. The summed E-state index contributed by atoms with van der Waals surface area (Å²) in [7, 11) is 3.17. The van der Waals surface area contributed by atoms with Crippen LogP contribution in [0.2, 0.25) is 0 Å². The van der Waals surface area contributed by atoms with Gasteiger partial charge in [-0.3, -0.25) is 9.36 Å². The van der Waals surface area contributed by atoms with Gasteiger partial charge in [-0.05, 0) is 24.3 Å². The Labute approximate surface area is 149 Å². The van der Waals surface area contributed by atoms with Crippen molar-refractivity contribution >= 4 is 17.5 Å². The van der Waals surface area contributed by atoms with Gasteiger partial charge in [-0.1, -0.05) is 36.0 Å².